The average Bonchev–Trinajstić information content (AvgIpc) is 2.86. The maximum atomic E-state index is 13.4. The third-order valence-corrected chi connectivity index (χ3v) is 6.01. The number of hydrogen-bond donors (Lipinski definition) is 1. The summed E-state index contributed by atoms with van der Waals surface area (Å²) in [5.41, 5.74) is 1.78. The molecule has 166 valence electrons. The second-order valence-electron chi connectivity index (χ2n) is 7.65. The van der Waals surface area contributed by atoms with Gasteiger partial charge in [0, 0.05) is 37.8 Å². The first-order valence-electron chi connectivity index (χ1n) is 10.6. The average molecular weight is 458 g/mol. The molecule has 1 aliphatic rings. The lowest BCUT2D eigenvalue weighted by molar-refractivity contribution is -0.126. The number of benzene rings is 1. The highest BCUT2D eigenvalue weighted by molar-refractivity contribution is 7.85. The zero-order valence-corrected chi connectivity index (χ0v) is 18.9. The van der Waals surface area contributed by atoms with E-state index < -0.39 is 0 Å². The molecule has 0 bridgehead atoms. The van der Waals surface area contributed by atoms with Crippen molar-refractivity contribution in [2.24, 2.45) is 0 Å². The molecule has 1 aliphatic heterocycles. The monoisotopic (exact) mass is 457 g/mol. The summed E-state index contributed by atoms with van der Waals surface area (Å²) in [6, 6.07) is 15.4. The minimum atomic E-state index is -0.368. The summed E-state index contributed by atoms with van der Waals surface area (Å²) in [5.74, 6) is -0.164. The number of anilines is 1. The Bertz CT molecular complexity index is 1330. The lowest BCUT2D eigenvalue weighted by Crippen LogP contribution is -2.49. The number of pyridine rings is 2. The molecule has 4 rings (SSSR count). The standard InChI is InChI=1S/C25H23N5O2S/c1-2-7-21(33)25(32)29-14-12-28(13-15-29)22-19-10-6-11-27-23(19)30(24(31)20(22)16-26)17-18-8-4-3-5-9-18/h2-11,33H,1,12-15,17H2/b21-7-. The predicted octanol–water partition coefficient (Wildman–Crippen LogP) is 2.96. The molecule has 0 radical (unpaired) electrons. The Kier molecular flexibility index (Phi) is 6.61. The number of carbonyl (C=O) groups is 1. The van der Waals surface area contributed by atoms with Gasteiger partial charge in [0.2, 0.25) is 0 Å². The molecule has 3 heterocycles. The molecule has 0 atom stereocenters. The van der Waals surface area contributed by atoms with E-state index in [1.807, 2.05) is 41.3 Å². The van der Waals surface area contributed by atoms with Gasteiger partial charge in [-0.1, -0.05) is 43.0 Å². The van der Waals surface area contributed by atoms with Gasteiger partial charge in [-0.2, -0.15) is 5.26 Å². The highest BCUT2D eigenvalue weighted by atomic mass is 32.1. The molecule has 1 fully saturated rings. The second-order valence-corrected chi connectivity index (χ2v) is 8.14. The molecule has 1 aromatic carbocycles. The Labute approximate surface area is 197 Å². The van der Waals surface area contributed by atoms with Crippen molar-refractivity contribution < 1.29 is 4.79 Å². The Morgan fingerprint density at radius 1 is 1.15 bits per heavy atom. The van der Waals surface area contributed by atoms with Crippen LogP contribution in [0, 0.1) is 11.3 Å². The molecule has 7 nitrogen and oxygen atoms in total. The van der Waals surface area contributed by atoms with Gasteiger partial charge in [-0.3, -0.25) is 14.2 Å². The summed E-state index contributed by atoms with van der Waals surface area (Å²) >= 11 is 4.24. The maximum Gasteiger partial charge on any atom is 0.272 e. The molecule has 0 aliphatic carbocycles. The van der Waals surface area contributed by atoms with E-state index in [9.17, 15) is 14.9 Å². The SMILES string of the molecule is C=C/C=C(\S)C(=O)N1CCN(c2c(C#N)c(=O)n(Cc3ccccc3)c3ncccc23)CC1. The largest absolute Gasteiger partial charge is 0.366 e. The van der Waals surface area contributed by atoms with Gasteiger partial charge in [0.25, 0.3) is 11.5 Å². The number of thiol groups is 1. The first-order valence-corrected chi connectivity index (χ1v) is 11.0. The molecule has 1 saturated heterocycles. The van der Waals surface area contributed by atoms with Gasteiger partial charge in [0.05, 0.1) is 17.1 Å². The number of nitrogens with zero attached hydrogens (tertiary/aromatic N) is 5. The van der Waals surface area contributed by atoms with Gasteiger partial charge in [-0.05, 0) is 23.8 Å². The van der Waals surface area contributed by atoms with Gasteiger partial charge < -0.3 is 9.80 Å². The quantitative estimate of drug-likeness (QED) is 0.362. The number of nitriles is 1. The van der Waals surface area contributed by atoms with Crippen LogP contribution in [0.4, 0.5) is 5.69 Å². The third-order valence-electron chi connectivity index (χ3n) is 5.67. The zero-order valence-electron chi connectivity index (χ0n) is 18.0. The van der Waals surface area contributed by atoms with Crippen molar-refractivity contribution in [3.05, 3.63) is 93.8 Å². The van der Waals surface area contributed by atoms with Crippen molar-refractivity contribution in [2.45, 2.75) is 6.54 Å². The van der Waals surface area contributed by atoms with Crippen molar-refractivity contribution in [3.8, 4) is 6.07 Å². The van der Waals surface area contributed by atoms with E-state index in [4.69, 9.17) is 0 Å². The van der Waals surface area contributed by atoms with Gasteiger partial charge in [0.1, 0.15) is 17.3 Å². The lowest BCUT2D eigenvalue weighted by atomic mass is 10.1. The Balaban J connectivity index is 1.73. The summed E-state index contributed by atoms with van der Waals surface area (Å²) in [5, 5.41) is 10.7. The molecular formula is C25H23N5O2S. The van der Waals surface area contributed by atoms with Crippen LogP contribution in [0.3, 0.4) is 0 Å². The Hall–Kier alpha value is -3.83. The summed E-state index contributed by atoms with van der Waals surface area (Å²) < 4.78 is 1.56. The molecule has 33 heavy (non-hydrogen) atoms. The minimum absolute atomic E-state index is 0.0904. The number of rotatable bonds is 5. The minimum Gasteiger partial charge on any atom is -0.366 e. The highest BCUT2D eigenvalue weighted by Crippen LogP contribution is 2.29. The van der Waals surface area contributed by atoms with Crippen LogP contribution in [0.15, 0.2) is 77.1 Å². The first kappa shape index (κ1) is 22.4. The van der Waals surface area contributed by atoms with Crippen LogP contribution in [0.5, 0.6) is 0 Å². The van der Waals surface area contributed by atoms with Crippen LogP contribution in [0.25, 0.3) is 11.0 Å². The molecule has 8 heteroatoms. The van der Waals surface area contributed by atoms with Crippen LogP contribution in [-0.4, -0.2) is 46.5 Å². The van der Waals surface area contributed by atoms with E-state index in [-0.39, 0.29) is 17.0 Å². The van der Waals surface area contributed by atoms with Crippen LogP contribution in [0.1, 0.15) is 11.1 Å². The number of piperazine rings is 1. The Morgan fingerprint density at radius 2 is 1.88 bits per heavy atom. The van der Waals surface area contributed by atoms with E-state index in [0.717, 1.165) is 10.9 Å². The molecular weight excluding hydrogens is 434 g/mol. The summed E-state index contributed by atoms with van der Waals surface area (Å²) in [6.45, 7) is 5.80. The van der Waals surface area contributed by atoms with E-state index in [2.05, 4.69) is 30.3 Å². The van der Waals surface area contributed by atoms with E-state index in [0.29, 0.717) is 49.0 Å². The fraction of sp³-hybridized carbons (Fsp3) is 0.200. The van der Waals surface area contributed by atoms with Crippen molar-refractivity contribution in [1.82, 2.24) is 14.5 Å². The van der Waals surface area contributed by atoms with Crippen LogP contribution in [0.2, 0.25) is 0 Å². The topological polar surface area (TPSA) is 82.2 Å². The van der Waals surface area contributed by atoms with Crippen LogP contribution in [-0.2, 0) is 11.3 Å². The van der Waals surface area contributed by atoms with Gasteiger partial charge in [-0.15, -0.1) is 12.6 Å². The van der Waals surface area contributed by atoms with Crippen molar-refractivity contribution in [3.63, 3.8) is 0 Å². The smallest absolute Gasteiger partial charge is 0.272 e. The number of allylic oxidation sites excluding steroid dienone is 2. The maximum absolute atomic E-state index is 13.4. The Morgan fingerprint density at radius 3 is 2.55 bits per heavy atom. The van der Waals surface area contributed by atoms with Crippen LogP contribution >= 0.6 is 12.6 Å². The summed E-state index contributed by atoms with van der Waals surface area (Å²) in [7, 11) is 0. The van der Waals surface area contributed by atoms with E-state index >= 15 is 0 Å². The van der Waals surface area contributed by atoms with Gasteiger partial charge >= 0.3 is 0 Å². The number of hydrogen-bond acceptors (Lipinski definition) is 6. The predicted molar refractivity (Wildman–Crippen MR) is 132 cm³/mol. The molecule has 0 saturated carbocycles. The van der Waals surface area contributed by atoms with Crippen LogP contribution < -0.4 is 10.5 Å². The molecule has 1 amide bonds. The number of aromatic nitrogens is 2. The third kappa shape index (κ3) is 4.41. The molecule has 3 aromatic rings. The summed E-state index contributed by atoms with van der Waals surface area (Å²) in [6.07, 6.45) is 4.74. The zero-order chi connectivity index (χ0) is 23.4. The molecule has 0 N–H and O–H groups in total. The normalized spacial score (nSPS) is 14.2. The fourth-order valence-corrected chi connectivity index (χ4v) is 4.33. The molecule has 0 spiro atoms. The van der Waals surface area contributed by atoms with Crippen molar-refractivity contribution in [1.29, 1.82) is 5.26 Å². The van der Waals surface area contributed by atoms with Crippen molar-refractivity contribution in [2.75, 3.05) is 31.1 Å². The highest BCUT2D eigenvalue weighted by Gasteiger charge is 2.27. The fourth-order valence-electron chi connectivity index (χ4n) is 4.08. The van der Waals surface area contributed by atoms with Crippen molar-refractivity contribution >= 4 is 35.3 Å². The second kappa shape index (κ2) is 9.76. The van der Waals surface area contributed by atoms with E-state index in [1.165, 1.54) is 6.08 Å². The summed E-state index contributed by atoms with van der Waals surface area (Å²) in [4.78, 5) is 34.5. The number of fused-ring (bicyclic) bond motifs is 1. The molecule has 0 unspecified atom stereocenters. The lowest BCUT2D eigenvalue weighted by Gasteiger charge is -2.37. The molecule has 2 aromatic heterocycles. The van der Waals surface area contributed by atoms with Gasteiger partial charge in [-0.25, -0.2) is 4.98 Å². The number of amides is 1. The van der Waals surface area contributed by atoms with E-state index in [1.54, 1.807) is 27.8 Å². The van der Waals surface area contributed by atoms with Gasteiger partial charge in [0.15, 0.2) is 0 Å². The first-order chi connectivity index (χ1) is 16.0. The number of carbonyl (C=O) groups excluding carboxylic acids is 1.